The number of hydrogen-bond acceptors (Lipinski definition) is 4. The lowest BCUT2D eigenvalue weighted by Gasteiger charge is -2.10. The van der Waals surface area contributed by atoms with Gasteiger partial charge in [0.1, 0.15) is 0 Å². The van der Waals surface area contributed by atoms with Crippen LogP contribution in [-0.2, 0) is 9.53 Å². The minimum Gasteiger partial charge on any atom is -0.469 e. The predicted octanol–water partition coefficient (Wildman–Crippen LogP) is 1.12. The molecule has 1 unspecified atom stereocenters. The summed E-state index contributed by atoms with van der Waals surface area (Å²) in [5.41, 5.74) is 0.933. The molecule has 0 N–H and O–H groups in total. The van der Waals surface area contributed by atoms with E-state index in [0.29, 0.717) is 6.42 Å². The summed E-state index contributed by atoms with van der Waals surface area (Å²) >= 11 is 0. The molecule has 0 aliphatic heterocycles. The zero-order valence-electron chi connectivity index (χ0n) is 9.00. The van der Waals surface area contributed by atoms with E-state index in [0.717, 1.165) is 5.71 Å². The average Bonchev–Trinajstić information content (AvgIpc) is 2.01. The molecule has 0 saturated carbocycles. The Labute approximate surface area is 79.6 Å². The lowest BCUT2D eigenvalue weighted by atomic mass is 10.1. The summed E-state index contributed by atoms with van der Waals surface area (Å²) < 4.78 is 4.61. The zero-order valence-corrected chi connectivity index (χ0v) is 9.00. The van der Waals surface area contributed by atoms with E-state index in [9.17, 15) is 4.79 Å². The maximum absolute atomic E-state index is 11.0. The summed E-state index contributed by atoms with van der Waals surface area (Å²) in [7, 11) is 5.11. The minimum atomic E-state index is -0.187. The molecule has 4 heteroatoms. The van der Waals surface area contributed by atoms with E-state index < -0.39 is 0 Å². The van der Waals surface area contributed by atoms with Crippen molar-refractivity contribution < 1.29 is 9.53 Å². The van der Waals surface area contributed by atoms with Crippen molar-refractivity contribution in [2.45, 2.75) is 20.3 Å². The van der Waals surface area contributed by atoms with Crippen LogP contribution in [0.3, 0.4) is 0 Å². The third-order valence-electron chi connectivity index (χ3n) is 1.58. The van der Waals surface area contributed by atoms with Gasteiger partial charge < -0.3 is 9.75 Å². The molecule has 0 amide bonds. The minimum absolute atomic E-state index is 0.117. The molecular weight excluding hydrogens is 168 g/mol. The van der Waals surface area contributed by atoms with Gasteiger partial charge in [0.2, 0.25) is 0 Å². The van der Waals surface area contributed by atoms with E-state index in [4.69, 9.17) is 0 Å². The van der Waals surface area contributed by atoms with Gasteiger partial charge in [-0.1, -0.05) is 6.92 Å². The monoisotopic (exact) mass is 186 g/mol. The lowest BCUT2D eigenvalue weighted by molar-refractivity contribution is -0.144. The standard InChI is InChI=1S/C9H18N2O2/c1-7(9(12)13-5)6-8(2)10-11(3)4/h7H,6H2,1-5H3/b10-8-. The molecule has 13 heavy (non-hydrogen) atoms. The molecule has 0 saturated heterocycles. The number of hydrogen-bond donors (Lipinski definition) is 0. The summed E-state index contributed by atoms with van der Waals surface area (Å²) in [6.07, 6.45) is 0.644. The fourth-order valence-corrected chi connectivity index (χ4v) is 1.11. The summed E-state index contributed by atoms with van der Waals surface area (Å²) in [4.78, 5) is 11.0. The largest absolute Gasteiger partial charge is 0.469 e. The molecule has 0 spiro atoms. The Bertz CT molecular complexity index is 200. The maximum atomic E-state index is 11.0. The maximum Gasteiger partial charge on any atom is 0.308 e. The Kier molecular flexibility index (Phi) is 5.11. The smallest absolute Gasteiger partial charge is 0.308 e. The van der Waals surface area contributed by atoms with Crippen LogP contribution in [-0.4, -0.2) is 37.9 Å². The molecule has 76 valence electrons. The van der Waals surface area contributed by atoms with E-state index in [-0.39, 0.29) is 11.9 Å². The Morgan fingerprint density at radius 3 is 2.46 bits per heavy atom. The van der Waals surface area contributed by atoms with Crippen molar-refractivity contribution in [1.29, 1.82) is 0 Å². The third kappa shape index (κ3) is 5.22. The zero-order chi connectivity index (χ0) is 10.4. The first-order valence-corrected chi connectivity index (χ1v) is 4.26. The highest BCUT2D eigenvalue weighted by Crippen LogP contribution is 2.05. The van der Waals surface area contributed by atoms with Gasteiger partial charge in [0, 0.05) is 26.2 Å². The normalized spacial score (nSPS) is 13.8. The quantitative estimate of drug-likeness (QED) is 0.375. The highest BCUT2D eigenvalue weighted by molar-refractivity contribution is 5.86. The van der Waals surface area contributed by atoms with Gasteiger partial charge in [-0.2, -0.15) is 5.10 Å². The first-order chi connectivity index (χ1) is 5.97. The Hall–Kier alpha value is -1.06. The summed E-state index contributed by atoms with van der Waals surface area (Å²) in [5, 5.41) is 5.90. The van der Waals surface area contributed by atoms with E-state index in [1.807, 2.05) is 27.9 Å². The molecule has 0 bridgehead atoms. The van der Waals surface area contributed by atoms with Gasteiger partial charge in [0.05, 0.1) is 13.0 Å². The Balaban J connectivity index is 4.05. The first kappa shape index (κ1) is 11.9. The molecule has 0 aromatic carbocycles. The molecule has 1 atom stereocenters. The van der Waals surface area contributed by atoms with Crippen LogP contribution in [0.25, 0.3) is 0 Å². The summed E-state index contributed by atoms with van der Waals surface area (Å²) in [5.74, 6) is -0.304. The Morgan fingerprint density at radius 2 is 2.08 bits per heavy atom. The van der Waals surface area contributed by atoms with E-state index in [1.54, 1.807) is 5.01 Å². The molecule has 0 rings (SSSR count). The van der Waals surface area contributed by atoms with Gasteiger partial charge in [-0.3, -0.25) is 4.79 Å². The average molecular weight is 186 g/mol. The molecule has 0 fully saturated rings. The number of nitrogens with zero attached hydrogens (tertiary/aromatic N) is 2. The SMILES string of the molecule is COC(=O)C(C)C/C(C)=N\N(C)C. The van der Waals surface area contributed by atoms with Crippen LogP contribution in [0, 0.1) is 5.92 Å². The molecule has 0 aliphatic carbocycles. The number of esters is 1. The van der Waals surface area contributed by atoms with Crippen LogP contribution in [0.4, 0.5) is 0 Å². The van der Waals surface area contributed by atoms with Gasteiger partial charge in [-0.15, -0.1) is 0 Å². The van der Waals surface area contributed by atoms with Crippen molar-refractivity contribution >= 4 is 11.7 Å². The van der Waals surface area contributed by atoms with Crippen LogP contribution in [0.15, 0.2) is 5.10 Å². The second-order valence-electron chi connectivity index (χ2n) is 3.31. The van der Waals surface area contributed by atoms with Crippen molar-refractivity contribution in [2.75, 3.05) is 21.2 Å². The van der Waals surface area contributed by atoms with Crippen molar-refractivity contribution in [3.63, 3.8) is 0 Å². The fraction of sp³-hybridized carbons (Fsp3) is 0.778. The van der Waals surface area contributed by atoms with Crippen molar-refractivity contribution in [3.8, 4) is 0 Å². The van der Waals surface area contributed by atoms with Crippen LogP contribution >= 0.6 is 0 Å². The number of ether oxygens (including phenoxy) is 1. The van der Waals surface area contributed by atoms with Crippen LogP contribution in [0.1, 0.15) is 20.3 Å². The fourth-order valence-electron chi connectivity index (χ4n) is 1.11. The molecule has 0 radical (unpaired) electrons. The van der Waals surface area contributed by atoms with Crippen LogP contribution in [0.5, 0.6) is 0 Å². The summed E-state index contributed by atoms with van der Waals surface area (Å²) in [6.45, 7) is 3.74. The van der Waals surface area contributed by atoms with Crippen molar-refractivity contribution in [1.82, 2.24) is 5.01 Å². The number of methoxy groups -OCH3 is 1. The molecular formula is C9H18N2O2. The van der Waals surface area contributed by atoms with Gasteiger partial charge in [0.25, 0.3) is 0 Å². The van der Waals surface area contributed by atoms with Crippen molar-refractivity contribution in [3.05, 3.63) is 0 Å². The van der Waals surface area contributed by atoms with Crippen molar-refractivity contribution in [2.24, 2.45) is 11.0 Å². The molecule has 0 aromatic heterocycles. The van der Waals surface area contributed by atoms with Crippen LogP contribution < -0.4 is 0 Å². The second-order valence-corrected chi connectivity index (χ2v) is 3.31. The number of rotatable bonds is 4. The third-order valence-corrected chi connectivity index (χ3v) is 1.58. The highest BCUT2D eigenvalue weighted by Gasteiger charge is 2.13. The predicted molar refractivity (Wildman–Crippen MR) is 52.6 cm³/mol. The lowest BCUT2D eigenvalue weighted by Crippen LogP contribution is -2.17. The Morgan fingerprint density at radius 1 is 1.54 bits per heavy atom. The molecule has 0 heterocycles. The van der Waals surface area contributed by atoms with Gasteiger partial charge in [0.15, 0.2) is 0 Å². The first-order valence-electron chi connectivity index (χ1n) is 4.26. The van der Waals surface area contributed by atoms with E-state index in [1.165, 1.54) is 7.11 Å². The van der Waals surface area contributed by atoms with Gasteiger partial charge in [-0.05, 0) is 6.92 Å². The van der Waals surface area contributed by atoms with Gasteiger partial charge >= 0.3 is 5.97 Å². The molecule has 4 nitrogen and oxygen atoms in total. The molecule has 0 aromatic rings. The summed E-state index contributed by atoms with van der Waals surface area (Å²) in [6, 6.07) is 0. The van der Waals surface area contributed by atoms with Crippen LogP contribution in [0.2, 0.25) is 0 Å². The van der Waals surface area contributed by atoms with E-state index in [2.05, 4.69) is 9.84 Å². The van der Waals surface area contributed by atoms with Gasteiger partial charge in [-0.25, -0.2) is 0 Å². The van der Waals surface area contributed by atoms with E-state index >= 15 is 0 Å². The number of carbonyl (C=O) groups excluding carboxylic acids is 1. The molecule has 0 aliphatic rings. The number of carbonyl (C=O) groups is 1. The second kappa shape index (κ2) is 5.56. The number of hydrazone groups is 1. The topological polar surface area (TPSA) is 41.9 Å². The highest BCUT2D eigenvalue weighted by atomic mass is 16.5.